The van der Waals surface area contributed by atoms with E-state index in [0.29, 0.717) is 43.7 Å². The third kappa shape index (κ3) is 4.99. The van der Waals surface area contributed by atoms with Crippen LogP contribution in [0.5, 0.6) is 0 Å². The molecule has 4 heterocycles. The van der Waals surface area contributed by atoms with E-state index in [1.165, 1.54) is 10.4 Å². The number of fused-ring (bicyclic) bond motifs is 1. The fourth-order valence-electron chi connectivity index (χ4n) is 5.47. The first-order valence-corrected chi connectivity index (χ1v) is 14.4. The summed E-state index contributed by atoms with van der Waals surface area (Å²) < 4.78 is 59.1. The van der Waals surface area contributed by atoms with Gasteiger partial charge in [-0.25, -0.2) is 32.2 Å². The highest BCUT2D eigenvalue weighted by atomic mass is 32.2. The molecule has 0 saturated carbocycles. The van der Waals surface area contributed by atoms with Crippen LogP contribution in [0.1, 0.15) is 45.0 Å². The van der Waals surface area contributed by atoms with Crippen molar-refractivity contribution in [3.8, 4) is 11.3 Å². The second kappa shape index (κ2) is 10.4. The molecule has 0 spiro atoms. The molecule has 10 nitrogen and oxygen atoms in total. The molecule has 0 amide bonds. The number of halogens is 2. The molecule has 2 aromatic heterocycles. The summed E-state index contributed by atoms with van der Waals surface area (Å²) in [5.41, 5.74) is 0.904. The van der Waals surface area contributed by atoms with Crippen molar-refractivity contribution in [1.82, 2.24) is 29.1 Å². The maximum Gasteiger partial charge on any atom is 0.223 e. The number of benzene rings is 1. The van der Waals surface area contributed by atoms with Crippen molar-refractivity contribution in [3.63, 3.8) is 0 Å². The zero-order valence-corrected chi connectivity index (χ0v) is 22.5. The van der Waals surface area contributed by atoms with Crippen LogP contribution in [0.15, 0.2) is 18.3 Å². The largest absolute Gasteiger partial charge is 0.390 e. The number of aromatic nitrogens is 4. The van der Waals surface area contributed by atoms with Crippen LogP contribution in [-0.2, 0) is 10.0 Å². The van der Waals surface area contributed by atoms with E-state index in [0.717, 1.165) is 6.20 Å². The number of aryl methyl sites for hydroxylation is 1. The van der Waals surface area contributed by atoms with Gasteiger partial charge in [-0.3, -0.25) is 0 Å². The normalized spacial score (nSPS) is 21.9. The lowest BCUT2D eigenvalue weighted by atomic mass is 10.0. The molecule has 2 aliphatic heterocycles. The van der Waals surface area contributed by atoms with E-state index >= 15 is 0 Å². The fraction of sp³-hybridized carbons (Fsp3) is 0.560. The Labute approximate surface area is 220 Å². The van der Waals surface area contributed by atoms with E-state index in [9.17, 15) is 22.3 Å². The van der Waals surface area contributed by atoms with Gasteiger partial charge in [0.2, 0.25) is 16.0 Å². The molecule has 3 aromatic rings. The molecule has 38 heavy (non-hydrogen) atoms. The summed E-state index contributed by atoms with van der Waals surface area (Å²) in [7, 11) is -3.51. The lowest BCUT2D eigenvalue weighted by molar-refractivity contribution is 0.0941. The summed E-state index contributed by atoms with van der Waals surface area (Å²) in [4.78, 5) is 12.6. The molecular weight excluding hydrogens is 516 g/mol. The summed E-state index contributed by atoms with van der Waals surface area (Å²) in [5.74, 6) is -0.580. The number of nitrogens with one attached hydrogen (secondary N) is 2. The number of rotatable bonds is 6. The van der Waals surface area contributed by atoms with Crippen LogP contribution in [0.2, 0.25) is 0 Å². The Morgan fingerprint density at radius 1 is 1.13 bits per heavy atom. The van der Waals surface area contributed by atoms with Gasteiger partial charge in [0.15, 0.2) is 11.6 Å². The van der Waals surface area contributed by atoms with Crippen molar-refractivity contribution >= 4 is 27.0 Å². The first-order chi connectivity index (χ1) is 18.1. The molecule has 206 valence electrons. The quantitative estimate of drug-likeness (QED) is 0.429. The van der Waals surface area contributed by atoms with Crippen LogP contribution in [0.3, 0.4) is 0 Å². The van der Waals surface area contributed by atoms with E-state index < -0.39 is 39.1 Å². The summed E-state index contributed by atoms with van der Waals surface area (Å²) in [5, 5.41) is 16.5. The molecule has 2 atom stereocenters. The minimum atomic E-state index is -3.51. The number of hydrogen-bond donors (Lipinski definition) is 3. The number of β-amino-alcohol motifs (C(OH)–C–C–N with tert-alkyl or cyclic N) is 1. The highest BCUT2D eigenvalue weighted by Crippen LogP contribution is 2.31. The van der Waals surface area contributed by atoms with Gasteiger partial charge < -0.3 is 20.3 Å². The first kappa shape index (κ1) is 26.9. The maximum absolute atomic E-state index is 15.0. The number of hydrogen-bond acceptors (Lipinski definition) is 8. The van der Waals surface area contributed by atoms with Gasteiger partial charge in [-0.05, 0) is 65.3 Å². The topological polar surface area (TPSA) is 125 Å². The van der Waals surface area contributed by atoms with Crippen molar-refractivity contribution in [1.29, 1.82) is 0 Å². The van der Waals surface area contributed by atoms with E-state index in [2.05, 4.69) is 25.6 Å². The van der Waals surface area contributed by atoms with E-state index in [-0.39, 0.29) is 41.9 Å². The molecule has 0 radical (unpaired) electrons. The van der Waals surface area contributed by atoms with Crippen molar-refractivity contribution in [2.45, 2.75) is 63.5 Å². The zero-order valence-electron chi connectivity index (χ0n) is 21.7. The Bertz CT molecular complexity index is 1440. The fourth-order valence-corrected chi connectivity index (χ4v) is 7.44. The number of aliphatic hydroxyl groups excluding tert-OH is 1. The van der Waals surface area contributed by atoms with Gasteiger partial charge in [-0.15, -0.1) is 0 Å². The predicted octanol–water partition coefficient (Wildman–Crippen LogP) is 2.59. The van der Waals surface area contributed by atoms with Crippen LogP contribution >= 0.6 is 0 Å². The smallest absolute Gasteiger partial charge is 0.223 e. The second-order valence-electron chi connectivity index (χ2n) is 10.3. The summed E-state index contributed by atoms with van der Waals surface area (Å²) in [6, 6.07) is 2.35. The van der Waals surface area contributed by atoms with Gasteiger partial charge in [0.05, 0.1) is 29.1 Å². The Kier molecular flexibility index (Phi) is 7.37. The van der Waals surface area contributed by atoms with E-state index in [1.807, 2.05) is 18.4 Å². The summed E-state index contributed by atoms with van der Waals surface area (Å²) in [6.07, 6.45) is 1.42. The van der Waals surface area contributed by atoms with E-state index in [1.54, 1.807) is 13.0 Å². The SMILES string of the molecule is Cc1nc2c(F)cc(-c3nc(N[C@@H]4CCN(S(=O)(=O)C5CCNCC5)C[C@H]4O)ncc3F)cc2n1C(C)C. The molecule has 2 aliphatic rings. The van der Waals surface area contributed by atoms with Crippen LogP contribution in [-0.4, -0.2) is 80.9 Å². The molecule has 5 rings (SSSR count). The van der Waals surface area contributed by atoms with Gasteiger partial charge in [-0.1, -0.05) is 0 Å². The molecule has 3 N–H and O–H groups in total. The van der Waals surface area contributed by atoms with Crippen LogP contribution in [0.4, 0.5) is 14.7 Å². The highest BCUT2D eigenvalue weighted by molar-refractivity contribution is 7.89. The molecule has 2 fully saturated rings. The number of imidazole rings is 1. The Morgan fingerprint density at radius 3 is 2.55 bits per heavy atom. The monoisotopic (exact) mass is 549 g/mol. The highest BCUT2D eigenvalue weighted by Gasteiger charge is 2.38. The predicted molar refractivity (Wildman–Crippen MR) is 140 cm³/mol. The summed E-state index contributed by atoms with van der Waals surface area (Å²) >= 11 is 0. The average molecular weight is 550 g/mol. The number of piperidine rings is 2. The number of anilines is 1. The Morgan fingerprint density at radius 2 is 1.87 bits per heavy atom. The van der Waals surface area contributed by atoms with Gasteiger partial charge in [0.25, 0.3) is 0 Å². The van der Waals surface area contributed by atoms with Crippen LogP contribution < -0.4 is 10.6 Å². The van der Waals surface area contributed by atoms with Gasteiger partial charge in [-0.2, -0.15) is 4.31 Å². The first-order valence-electron chi connectivity index (χ1n) is 12.9. The second-order valence-corrected chi connectivity index (χ2v) is 12.5. The third-order valence-electron chi connectivity index (χ3n) is 7.39. The van der Waals surface area contributed by atoms with Crippen LogP contribution in [0.25, 0.3) is 22.3 Å². The lowest BCUT2D eigenvalue weighted by Crippen LogP contribution is -2.54. The molecule has 2 saturated heterocycles. The molecule has 0 unspecified atom stereocenters. The third-order valence-corrected chi connectivity index (χ3v) is 9.75. The van der Waals surface area contributed by atoms with Crippen molar-refractivity contribution in [2.24, 2.45) is 0 Å². The van der Waals surface area contributed by atoms with Gasteiger partial charge in [0, 0.05) is 24.7 Å². The van der Waals surface area contributed by atoms with E-state index in [4.69, 9.17) is 0 Å². The van der Waals surface area contributed by atoms with Gasteiger partial charge >= 0.3 is 0 Å². The van der Waals surface area contributed by atoms with Crippen LogP contribution in [0, 0.1) is 18.6 Å². The average Bonchev–Trinajstić information content (AvgIpc) is 3.23. The number of sulfonamides is 1. The number of aliphatic hydroxyl groups is 1. The minimum absolute atomic E-state index is 0.0214. The molecule has 1 aromatic carbocycles. The summed E-state index contributed by atoms with van der Waals surface area (Å²) in [6.45, 7) is 7.23. The maximum atomic E-state index is 15.0. The Balaban J connectivity index is 1.36. The zero-order chi connectivity index (χ0) is 27.2. The van der Waals surface area contributed by atoms with Crippen molar-refractivity contribution < 1.29 is 22.3 Å². The van der Waals surface area contributed by atoms with Gasteiger partial charge in [0.1, 0.15) is 17.0 Å². The number of nitrogens with zero attached hydrogens (tertiary/aromatic N) is 5. The minimum Gasteiger partial charge on any atom is -0.390 e. The molecule has 0 bridgehead atoms. The Hall–Kier alpha value is -2.74. The standard InChI is InChI=1S/C25H33F2N7O3S/c1-14(2)34-15(3)30-24-18(26)10-16(11-21(24)34)23-19(27)12-29-25(32-23)31-20-6-9-33(13-22(20)35)38(36,37)17-4-7-28-8-5-17/h10-12,14,17,20,22,28,35H,4-9,13H2,1-3H3,(H,29,31,32)/t20-,22-/m1/s1. The van der Waals surface area contributed by atoms with Crippen molar-refractivity contribution in [2.75, 3.05) is 31.5 Å². The lowest BCUT2D eigenvalue weighted by Gasteiger charge is -2.38. The molecule has 0 aliphatic carbocycles. The molecular formula is C25H33F2N7O3S. The van der Waals surface area contributed by atoms with Crippen molar-refractivity contribution in [3.05, 3.63) is 35.8 Å². The molecule has 13 heteroatoms.